The number of nitrogens with two attached hydrogens (primary N) is 2. The van der Waals surface area contributed by atoms with Gasteiger partial charge < -0.3 is 26.4 Å². The molecule has 3 aromatic rings. The second-order valence-corrected chi connectivity index (χ2v) is 9.31. The smallest absolute Gasteiger partial charge is 0.242 e. The first kappa shape index (κ1) is 29.2. The van der Waals surface area contributed by atoms with Gasteiger partial charge in [0.15, 0.2) is 5.96 Å². The zero-order chi connectivity index (χ0) is 28.2. The topological polar surface area (TPSA) is 123 Å². The Morgan fingerprint density at radius 3 is 1.95 bits per heavy atom. The standard InChI is InChI=1S/C31H39N5O3/c1-4-34-29(37)27(16-11-21-35-31(32)33)36(22(2)23-17-19-26(39-3)20-18-23)30(38)28(24-12-7-5-8-13-24)25-14-9-6-10-15-25/h5-10,12-15,17-20,22,27-28H,4,11,16,21H2,1-3H3,(H,34,37)(H4,32,33,35)/t22-,27-/m1/s1. The van der Waals surface area contributed by atoms with Crippen LogP contribution in [0.2, 0.25) is 0 Å². The van der Waals surface area contributed by atoms with Crippen molar-refractivity contribution in [3.8, 4) is 5.75 Å². The third kappa shape index (κ3) is 7.83. The monoisotopic (exact) mass is 529 g/mol. The molecule has 2 amide bonds. The maximum atomic E-state index is 14.7. The van der Waals surface area contributed by atoms with Crippen LogP contribution in [0.4, 0.5) is 0 Å². The Morgan fingerprint density at radius 2 is 1.46 bits per heavy atom. The molecular formula is C31H39N5O3. The Labute approximate surface area is 231 Å². The van der Waals surface area contributed by atoms with Gasteiger partial charge in [-0.15, -0.1) is 0 Å². The second-order valence-electron chi connectivity index (χ2n) is 9.31. The Kier molecular flexibility index (Phi) is 10.9. The van der Waals surface area contributed by atoms with Crippen LogP contribution in [0.1, 0.15) is 55.3 Å². The fraction of sp³-hybridized carbons (Fsp3) is 0.323. The predicted octanol–water partition coefficient (Wildman–Crippen LogP) is 3.98. The molecule has 0 aliphatic heterocycles. The molecule has 0 bridgehead atoms. The van der Waals surface area contributed by atoms with Gasteiger partial charge in [-0.1, -0.05) is 72.8 Å². The summed E-state index contributed by atoms with van der Waals surface area (Å²) in [6, 6.07) is 25.8. The summed E-state index contributed by atoms with van der Waals surface area (Å²) in [5.41, 5.74) is 13.6. The molecule has 3 rings (SSSR count). The summed E-state index contributed by atoms with van der Waals surface area (Å²) >= 11 is 0. The molecule has 5 N–H and O–H groups in total. The molecule has 0 saturated heterocycles. The lowest BCUT2D eigenvalue weighted by molar-refractivity contribution is -0.144. The number of amides is 2. The maximum absolute atomic E-state index is 14.7. The quantitative estimate of drug-likeness (QED) is 0.176. The highest BCUT2D eigenvalue weighted by Gasteiger charge is 2.38. The molecule has 206 valence electrons. The highest BCUT2D eigenvalue weighted by Crippen LogP contribution is 2.34. The average Bonchev–Trinajstić information content (AvgIpc) is 2.95. The van der Waals surface area contributed by atoms with Gasteiger partial charge in [0.2, 0.25) is 11.8 Å². The van der Waals surface area contributed by atoms with E-state index < -0.39 is 18.0 Å². The largest absolute Gasteiger partial charge is 0.497 e. The average molecular weight is 530 g/mol. The molecule has 0 aliphatic carbocycles. The number of hydrogen-bond donors (Lipinski definition) is 3. The van der Waals surface area contributed by atoms with Crippen molar-refractivity contribution in [1.29, 1.82) is 0 Å². The number of nitrogens with one attached hydrogen (secondary N) is 1. The van der Waals surface area contributed by atoms with Gasteiger partial charge in [0, 0.05) is 13.1 Å². The van der Waals surface area contributed by atoms with Crippen molar-refractivity contribution in [3.63, 3.8) is 0 Å². The van der Waals surface area contributed by atoms with Gasteiger partial charge in [-0.25, -0.2) is 0 Å². The number of carbonyl (C=O) groups excluding carboxylic acids is 2. The van der Waals surface area contributed by atoms with Gasteiger partial charge in [-0.2, -0.15) is 0 Å². The van der Waals surface area contributed by atoms with Gasteiger partial charge in [-0.3, -0.25) is 14.6 Å². The summed E-state index contributed by atoms with van der Waals surface area (Å²) in [4.78, 5) is 34.1. The van der Waals surface area contributed by atoms with E-state index in [0.717, 1.165) is 16.7 Å². The number of nitrogens with zero attached hydrogens (tertiary/aromatic N) is 2. The van der Waals surface area contributed by atoms with Crippen LogP contribution in [-0.4, -0.2) is 48.9 Å². The third-order valence-electron chi connectivity index (χ3n) is 6.70. The van der Waals surface area contributed by atoms with Crippen molar-refractivity contribution < 1.29 is 14.3 Å². The first-order valence-electron chi connectivity index (χ1n) is 13.3. The molecule has 39 heavy (non-hydrogen) atoms. The van der Waals surface area contributed by atoms with Crippen LogP contribution >= 0.6 is 0 Å². The molecule has 0 fully saturated rings. The van der Waals surface area contributed by atoms with E-state index in [9.17, 15) is 9.59 Å². The van der Waals surface area contributed by atoms with Crippen molar-refractivity contribution in [3.05, 3.63) is 102 Å². The molecule has 0 unspecified atom stereocenters. The lowest BCUT2D eigenvalue weighted by Gasteiger charge is -2.38. The van der Waals surface area contributed by atoms with E-state index in [4.69, 9.17) is 16.2 Å². The van der Waals surface area contributed by atoms with Crippen LogP contribution in [0.25, 0.3) is 0 Å². The fourth-order valence-electron chi connectivity index (χ4n) is 4.76. The van der Waals surface area contributed by atoms with E-state index in [1.54, 1.807) is 12.0 Å². The third-order valence-corrected chi connectivity index (χ3v) is 6.70. The Balaban J connectivity index is 2.12. The van der Waals surface area contributed by atoms with E-state index >= 15 is 0 Å². The molecule has 2 atom stereocenters. The Morgan fingerprint density at radius 1 is 0.897 bits per heavy atom. The maximum Gasteiger partial charge on any atom is 0.242 e. The molecule has 0 saturated carbocycles. The number of carbonyl (C=O) groups is 2. The normalized spacial score (nSPS) is 12.3. The number of aliphatic imine (C=N–C) groups is 1. The predicted molar refractivity (Wildman–Crippen MR) is 155 cm³/mol. The molecule has 8 nitrogen and oxygen atoms in total. The summed E-state index contributed by atoms with van der Waals surface area (Å²) in [6.45, 7) is 4.63. The van der Waals surface area contributed by atoms with Gasteiger partial charge in [-0.05, 0) is 55.5 Å². The summed E-state index contributed by atoms with van der Waals surface area (Å²) in [5.74, 6) is -0.252. The van der Waals surface area contributed by atoms with Crippen molar-refractivity contribution in [2.24, 2.45) is 16.5 Å². The minimum Gasteiger partial charge on any atom is -0.497 e. The molecule has 0 aliphatic rings. The molecular weight excluding hydrogens is 490 g/mol. The van der Waals surface area contributed by atoms with Crippen molar-refractivity contribution in [2.75, 3.05) is 20.2 Å². The number of benzene rings is 3. The van der Waals surface area contributed by atoms with Crippen LogP contribution < -0.4 is 21.5 Å². The number of ether oxygens (including phenoxy) is 1. The first-order chi connectivity index (χ1) is 18.9. The van der Waals surface area contributed by atoms with Crippen LogP contribution in [0.3, 0.4) is 0 Å². The zero-order valence-corrected chi connectivity index (χ0v) is 22.9. The van der Waals surface area contributed by atoms with E-state index in [0.29, 0.717) is 31.7 Å². The Bertz CT molecular complexity index is 1170. The van der Waals surface area contributed by atoms with E-state index in [1.165, 1.54) is 0 Å². The van der Waals surface area contributed by atoms with Crippen LogP contribution in [-0.2, 0) is 9.59 Å². The number of guanidine groups is 1. The SMILES string of the molecule is CCNC(=O)[C@@H](CCCN=C(N)N)N(C(=O)C(c1ccccc1)c1ccccc1)[C@H](C)c1ccc(OC)cc1. The fourth-order valence-corrected chi connectivity index (χ4v) is 4.76. The lowest BCUT2D eigenvalue weighted by Crippen LogP contribution is -2.52. The number of rotatable bonds is 13. The molecule has 0 aromatic heterocycles. The number of likely N-dealkylation sites (N-methyl/N-ethyl adjacent to an activating group) is 1. The highest BCUT2D eigenvalue weighted by molar-refractivity contribution is 5.93. The van der Waals surface area contributed by atoms with Crippen LogP contribution in [0.5, 0.6) is 5.75 Å². The van der Waals surface area contributed by atoms with Crippen molar-refractivity contribution in [1.82, 2.24) is 10.2 Å². The van der Waals surface area contributed by atoms with Crippen LogP contribution in [0, 0.1) is 0 Å². The minimum absolute atomic E-state index is 0.00249. The van der Waals surface area contributed by atoms with E-state index in [2.05, 4.69) is 10.3 Å². The molecule has 3 aromatic carbocycles. The van der Waals surface area contributed by atoms with Crippen molar-refractivity contribution >= 4 is 17.8 Å². The summed E-state index contributed by atoms with van der Waals surface area (Å²) < 4.78 is 5.34. The minimum atomic E-state index is -0.737. The molecule has 0 spiro atoms. The first-order valence-corrected chi connectivity index (χ1v) is 13.3. The van der Waals surface area contributed by atoms with Gasteiger partial charge >= 0.3 is 0 Å². The number of methoxy groups -OCH3 is 1. The summed E-state index contributed by atoms with van der Waals surface area (Å²) in [5, 5.41) is 2.94. The molecule has 0 heterocycles. The number of hydrogen-bond acceptors (Lipinski definition) is 4. The Hall–Kier alpha value is -4.33. The van der Waals surface area contributed by atoms with E-state index in [1.807, 2.05) is 98.8 Å². The van der Waals surface area contributed by atoms with E-state index in [-0.39, 0.29) is 17.8 Å². The van der Waals surface area contributed by atoms with Gasteiger partial charge in [0.1, 0.15) is 11.8 Å². The lowest BCUT2D eigenvalue weighted by atomic mass is 9.88. The summed E-state index contributed by atoms with van der Waals surface area (Å²) in [7, 11) is 1.61. The van der Waals surface area contributed by atoms with Crippen molar-refractivity contribution in [2.45, 2.75) is 44.7 Å². The second kappa shape index (κ2) is 14.6. The van der Waals surface area contributed by atoms with Gasteiger partial charge in [0.05, 0.1) is 19.1 Å². The molecule has 8 heteroatoms. The molecule has 0 radical (unpaired) electrons. The highest BCUT2D eigenvalue weighted by atomic mass is 16.5. The van der Waals surface area contributed by atoms with Gasteiger partial charge in [0.25, 0.3) is 0 Å². The van der Waals surface area contributed by atoms with Crippen LogP contribution in [0.15, 0.2) is 89.9 Å². The summed E-state index contributed by atoms with van der Waals surface area (Å²) in [6.07, 6.45) is 0.922. The zero-order valence-electron chi connectivity index (χ0n) is 22.9.